The van der Waals surface area contributed by atoms with Crippen molar-refractivity contribution in [2.75, 3.05) is 56.7 Å². The van der Waals surface area contributed by atoms with Gasteiger partial charge in [-0.05, 0) is 46.0 Å². The van der Waals surface area contributed by atoms with Crippen LogP contribution in [-0.4, -0.2) is 74.5 Å². The molecule has 0 saturated carbocycles. The fourth-order valence-electron chi connectivity index (χ4n) is 3.71. The number of likely N-dealkylation sites (N-methyl/N-ethyl adjacent to an activating group) is 1. The number of hydrogen-bond acceptors (Lipinski definition) is 8. The number of aliphatic hydroxyl groups is 1. The van der Waals surface area contributed by atoms with E-state index >= 15 is 0 Å². The molecule has 1 atom stereocenters. The minimum atomic E-state index is -0.577. The fourth-order valence-corrected chi connectivity index (χ4v) is 3.71. The Hall–Kier alpha value is -2.68. The molecule has 4 N–H and O–H groups in total. The van der Waals surface area contributed by atoms with E-state index in [1.54, 1.807) is 14.0 Å². The third-order valence-corrected chi connectivity index (χ3v) is 5.16. The maximum atomic E-state index is 9.94. The molecule has 1 unspecified atom stereocenters. The predicted octanol–water partition coefficient (Wildman–Crippen LogP) is 2.75. The van der Waals surface area contributed by atoms with Gasteiger partial charge in [0, 0.05) is 37.0 Å². The predicted molar refractivity (Wildman–Crippen MR) is 129 cm³/mol. The molecule has 1 aromatic heterocycles. The van der Waals surface area contributed by atoms with Gasteiger partial charge in [0.15, 0.2) is 0 Å². The molecule has 8 nitrogen and oxygen atoms in total. The summed E-state index contributed by atoms with van der Waals surface area (Å²) in [6, 6.07) is 9.97. The summed E-state index contributed by atoms with van der Waals surface area (Å²) in [6.07, 6.45) is -0.577. The molecule has 1 aliphatic rings. The second-order valence-corrected chi connectivity index (χ2v) is 8.32. The maximum absolute atomic E-state index is 9.94. The molecular weight excluding hydrogens is 406 g/mol. The summed E-state index contributed by atoms with van der Waals surface area (Å²) in [5.74, 6) is 1.39. The Morgan fingerprint density at radius 3 is 2.69 bits per heavy atom. The van der Waals surface area contributed by atoms with E-state index in [0.717, 1.165) is 35.6 Å². The van der Waals surface area contributed by atoms with Crippen molar-refractivity contribution in [2.24, 2.45) is 0 Å². The van der Waals surface area contributed by atoms with Crippen LogP contribution in [0.2, 0.25) is 0 Å². The number of nitrogens with one attached hydrogen (secondary N) is 3. The van der Waals surface area contributed by atoms with Crippen LogP contribution in [0.15, 0.2) is 30.3 Å². The van der Waals surface area contributed by atoms with Gasteiger partial charge in [0.05, 0.1) is 30.2 Å². The molecule has 1 aromatic carbocycles. The standard InChI is InChI=1S/C24H35N5O3/c1-16(2)27-24-23(17(3)25)22(29-8-10-31-11-9-29)13-21(28-24)18-6-5-7-20(12-18)32-15-19(30)14-26-4/h5-7,12-13,16,19,25-26,30H,8-11,14-15H2,1-4H3,(H,27,28). The zero-order chi connectivity index (χ0) is 23.1. The van der Waals surface area contributed by atoms with E-state index in [2.05, 4.69) is 35.4 Å². The first kappa shape index (κ1) is 24.0. The SMILES string of the molecule is CNCC(O)COc1cccc(-c2cc(N3CCOCC3)c(C(C)=N)c(NC(C)C)n2)c1. The van der Waals surface area contributed by atoms with E-state index < -0.39 is 6.10 Å². The van der Waals surface area contributed by atoms with E-state index in [1.807, 2.05) is 24.3 Å². The third kappa shape index (κ3) is 6.18. The Balaban J connectivity index is 2.00. The average molecular weight is 442 g/mol. The zero-order valence-corrected chi connectivity index (χ0v) is 19.4. The second kappa shape index (κ2) is 11.3. The van der Waals surface area contributed by atoms with Gasteiger partial charge in [0.25, 0.3) is 0 Å². The molecule has 1 aliphatic heterocycles. The van der Waals surface area contributed by atoms with Crippen LogP contribution in [0.5, 0.6) is 5.75 Å². The van der Waals surface area contributed by atoms with Crippen LogP contribution in [0.25, 0.3) is 11.3 Å². The molecule has 0 radical (unpaired) electrons. The lowest BCUT2D eigenvalue weighted by Crippen LogP contribution is -2.37. The van der Waals surface area contributed by atoms with Crippen molar-refractivity contribution >= 4 is 17.2 Å². The van der Waals surface area contributed by atoms with Gasteiger partial charge in [-0.1, -0.05) is 12.1 Å². The summed E-state index contributed by atoms with van der Waals surface area (Å²) >= 11 is 0. The topological polar surface area (TPSA) is 103 Å². The van der Waals surface area contributed by atoms with Crippen LogP contribution >= 0.6 is 0 Å². The molecule has 0 bridgehead atoms. The fraction of sp³-hybridized carbons (Fsp3) is 0.500. The van der Waals surface area contributed by atoms with Crippen molar-refractivity contribution in [1.82, 2.24) is 10.3 Å². The van der Waals surface area contributed by atoms with E-state index in [4.69, 9.17) is 19.9 Å². The summed E-state index contributed by atoms with van der Waals surface area (Å²) in [7, 11) is 1.80. The summed E-state index contributed by atoms with van der Waals surface area (Å²) in [5.41, 5.74) is 4.02. The normalized spacial score (nSPS) is 15.0. The number of ether oxygens (including phenoxy) is 2. The quantitative estimate of drug-likeness (QED) is 0.421. The summed E-state index contributed by atoms with van der Waals surface area (Å²) in [5, 5.41) is 24.7. The van der Waals surface area contributed by atoms with Crippen LogP contribution in [0.4, 0.5) is 11.5 Å². The molecule has 1 saturated heterocycles. The lowest BCUT2D eigenvalue weighted by molar-refractivity contribution is 0.108. The molecule has 8 heteroatoms. The number of morpholine rings is 1. The Bertz CT molecular complexity index is 913. The van der Waals surface area contributed by atoms with E-state index in [-0.39, 0.29) is 12.6 Å². The minimum Gasteiger partial charge on any atom is -0.491 e. The van der Waals surface area contributed by atoms with Crippen molar-refractivity contribution in [3.8, 4) is 17.0 Å². The highest BCUT2D eigenvalue weighted by atomic mass is 16.5. The first-order valence-electron chi connectivity index (χ1n) is 11.1. The van der Waals surface area contributed by atoms with Gasteiger partial charge in [-0.25, -0.2) is 4.98 Å². The highest BCUT2D eigenvalue weighted by Gasteiger charge is 2.22. The molecule has 32 heavy (non-hydrogen) atoms. The molecule has 0 amide bonds. The monoisotopic (exact) mass is 441 g/mol. The number of anilines is 2. The highest BCUT2D eigenvalue weighted by molar-refractivity contribution is 6.06. The molecule has 174 valence electrons. The van der Waals surface area contributed by atoms with Gasteiger partial charge in [0.2, 0.25) is 0 Å². The van der Waals surface area contributed by atoms with Gasteiger partial charge >= 0.3 is 0 Å². The Morgan fingerprint density at radius 1 is 1.28 bits per heavy atom. The minimum absolute atomic E-state index is 0.178. The summed E-state index contributed by atoms with van der Waals surface area (Å²) < 4.78 is 11.3. The number of aromatic nitrogens is 1. The lowest BCUT2D eigenvalue weighted by atomic mass is 10.0. The lowest BCUT2D eigenvalue weighted by Gasteiger charge is -2.32. The largest absolute Gasteiger partial charge is 0.491 e. The first-order valence-corrected chi connectivity index (χ1v) is 11.1. The molecular formula is C24H35N5O3. The zero-order valence-electron chi connectivity index (χ0n) is 19.4. The molecule has 1 fully saturated rings. The van der Waals surface area contributed by atoms with E-state index in [0.29, 0.717) is 37.0 Å². The van der Waals surface area contributed by atoms with Gasteiger partial charge in [0.1, 0.15) is 24.3 Å². The Kier molecular flexibility index (Phi) is 8.44. The van der Waals surface area contributed by atoms with Crippen molar-refractivity contribution < 1.29 is 14.6 Å². The molecule has 2 aromatic rings. The smallest absolute Gasteiger partial charge is 0.138 e. The van der Waals surface area contributed by atoms with Crippen LogP contribution in [0.3, 0.4) is 0 Å². The van der Waals surface area contributed by atoms with Crippen LogP contribution < -0.4 is 20.3 Å². The highest BCUT2D eigenvalue weighted by Crippen LogP contribution is 2.34. The second-order valence-electron chi connectivity index (χ2n) is 8.32. The number of rotatable bonds is 10. The van der Waals surface area contributed by atoms with Gasteiger partial charge in [-0.15, -0.1) is 0 Å². The van der Waals surface area contributed by atoms with Crippen molar-refractivity contribution in [2.45, 2.75) is 32.9 Å². The molecule has 0 spiro atoms. The number of aliphatic hydroxyl groups excluding tert-OH is 1. The van der Waals surface area contributed by atoms with E-state index in [1.165, 1.54) is 0 Å². The molecule has 2 heterocycles. The van der Waals surface area contributed by atoms with Crippen molar-refractivity contribution in [3.63, 3.8) is 0 Å². The van der Waals surface area contributed by atoms with Crippen molar-refractivity contribution in [1.29, 1.82) is 5.41 Å². The van der Waals surface area contributed by atoms with Crippen LogP contribution in [0.1, 0.15) is 26.3 Å². The molecule has 3 rings (SSSR count). The average Bonchev–Trinajstić information content (AvgIpc) is 2.77. The number of nitrogens with zero attached hydrogens (tertiary/aromatic N) is 2. The Morgan fingerprint density at radius 2 is 2.03 bits per heavy atom. The first-order chi connectivity index (χ1) is 15.4. The van der Waals surface area contributed by atoms with Crippen LogP contribution in [0, 0.1) is 5.41 Å². The summed E-state index contributed by atoms with van der Waals surface area (Å²) in [6.45, 7) is 9.50. The summed E-state index contributed by atoms with van der Waals surface area (Å²) in [4.78, 5) is 7.17. The van der Waals surface area contributed by atoms with Gasteiger partial charge < -0.3 is 35.5 Å². The number of hydrogen-bond donors (Lipinski definition) is 4. The number of benzene rings is 1. The third-order valence-electron chi connectivity index (χ3n) is 5.16. The Labute approximate surface area is 190 Å². The molecule has 0 aliphatic carbocycles. The van der Waals surface area contributed by atoms with Gasteiger partial charge in [-0.2, -0.15) is 0 Å². The maximum Gasteiger partial charge on any atom is 0.138 e. The van der Waals surface area contributed by atoms with Crippen LogP contribution in [-0.2, 0) is 4.74 Å². The van der Waals surface area contributed by atoms with Gasteiger partial charge in [-0.3, -0.25) is 0 Å². The van der Waals surface area contributed by atoms with Crippen molar-refractivity contribution in [3.05, 3.63) is 35.9 Å². The van der Waals surface area contributed by atoms with E-state index in [9.17, 15) is 5.11 Å². The number of pyridine rings is 1.